The summed E-state index contributed by atoms with van der Waals surface area (Å²) >= 11 is 0. The smallest absolute Gasteiger partial charge is 0.118 e. The third-order valence-corrected chi connectivity index (χ3v) is 4.01. The molecule has 2 aromatic carbocycles. The molecule has 0 aliphatic heterocycles. The van der Waals surface area contributed by atoms with E-state index in [0.717, 1.165) is 31.4 Å². The molecule has 2 N–H and O–H groups in total. The molecule has 1 unspecified atom stereocenters. The molecular formula is C19H25NO. The van der Waals surface area contributed by atoms with Crippen molar-refractivity contribution in [2.75, 3.05) is 7.11 Å². The zero-order valence-corrected chi connectivity index (χ0v) is 13.0. The van der Waals surface area contributed by atoms with E-state index in [-0.39, 0.29) is 6.04 Å². The van der Waals surface area contributed by atoms with Crippen LogP contribution in [0.5, 0.6) is 5.75 Å². The van der Waals surface area contributed by atoms with Gasteiger partial charge in [0.2, 0.25) is 0 Å². The van der Waals surface area contributed by atoms with E-state index in [1.165, 1.54) is 16.7 Å². The first kappa shape index (κ1) is 15.6. The van der Waals surface area contributed by atoms with Crippen molar-refractivity contribution in [3.63, 3.8) is 0 Å². The van der Waals surface area contributed by atoms with E-state index in [0.29, 0.717) is 0 Å². The number of methoxy groups -OCH3 is 1. The average molecular weight is 283 g/mol. The van der Waals surface area contributed by atoms with Gasteiger partial charge in [0.25, 0.3) is 0 Å². The molecule has 0 aliphatic carbocycles. The molecule has 0 saturated heterocycles. The van der Waals surface area contributed by atoms with Crippen molar-refractivity contribution in [3.05, 3.63) is 65.2 Å². The lowest BCUT2D eigenvalue weighted by Crippen LogP contribution is -2.21. The molecule has 112 valence electrons. The molecule has 0 spiro atoms. The van der Waals surface area contributed by atoms with Crippen molar-refractivity contribution in [2.24, 2.45) is 5.73 Å². The molecule has 2 nitrogen and oxygen atoms in total. The quantitative estimate of drug-likeness (QED) is 0.836. The maximum atomic E-state index is 6.25. The highest BCUT2D eigenvalue weighted by atomic mass is 16.5. The van der Waals surface area contributed by atoms with Crippen LogP contribution in [0.2, 0.25) is 0 Å². The van der Waals surface area contributed by atoms with E-state index >= 15 is 0 Å². The summed E-state index contributed by atoms with van der Waals surface area (Å²) in [6.45, 7) is 2.16. The Kier molecular flexibility index (Phi) is 5.82. The Labute approximate surface area is 127 Å². The molecule has 2 heteroatoms. The first-order valence-corrected chi connectivity index (χ1v) is 7.62. The Hall–Kier alpha value is -1.80. The van der Waals surface area contributed by atoms with Gasteiger partial charge in [-0.25, -0.2) is 0 Å². The number of benzene rings is 2. The van der Waals surface area contributed by atoms with Crippen LogP contribution in [-0.4, -0.2) is 13.2 Å². The molecule has 21 heavy (non-hydrogen) atoms. The molecule has 0 amide bonds. The fraction of sp³-hybridized carbons (Fsp3) is 0.368. The maximum Gasteiger partial charge on any atom is 0.118 e. The molecule has 1 atom stereocenters. The molecule has 0 radical (unpaired) electrons. The summed E-state index contributed by atoms with van der Waals surface area (Å²) in [5.41, 5.74) is 10.3. The zero-order chi connectivity index (χ0) is 15.1. The van der Waals surface area contributed by atoms with Crippen molar-refractivity contribution < 1.29 is 4.74 Å². The van der Waals surface area contributed by atoms with Crippen LogP contribution in [-0.2, 0) is 12.8 Å². The number of rotatable bonds is 7. The monoisotopic (exact) mass is 283 g/mol. The fourth-order valence-corrected chi connectivity index (χ4v) is 2.52. The van der Waals surface area contributed by atoms with Gasteiger partial charge in [-0.15, -0.1) is 0 Å². The predicted octanol–water partition coefficient (Wildman–Crippen LogP) is 3.90. The van der Waals surface area contributed by atoms with Gasteiger partial charge < -0.3 is 10.5 Å². The Morgan fingerprint density at radius 2 is 1.62 bits per heavy atom. The summed E-state index contributed by atoms with van der Waals surface area (Å²) in [7, 11) is 1.69. The summed E-state index contributed by atoms with van der Waals surface area (Å²) in [6, 6.07) is 17.1. The van der Waals surface area contributed by atoms with E-state index < -0.39 is 0 Å². The van der Waals surface area contributed by atoms with E-state index in [4.69, 9.17) is 10.5 Å². The summed E-state index contributed by atoms with van der Waals surface area (Å²) in [6.07, 6.45) is 4.16. The summed E-state index contributed by atoms with van der Waals surface area (Å²) in [5.74, 6) is 0.905. The number of hydrogen-bond donors (Lipinski definition) is 1. The fourth-order valence-electron chi connectivity index (χ4n) is 2.52. The highest BCUT2D eigenvalue weighted by molar-refractivity contribution is 5.27. The van der Waals surface area contributed by atoms with Gasteiger partial charge in [-0.3, -0.25) is 0 Å². The molecule has 2 aromatic rings. The molecule has 0 saturated carbocycles. The highest BCUT2D eigenvalue weighted by Crippen LogP contribution is 2.15. The Bertz CT molecular complexity index is 548. The van der Waals surface area contributed by atoms with Crippen molar-refractivity contribution in [2.45, 2.75) is 38.6 Å². The third kappa shape index (κ3) is 4.91. The van der Waals surface area contributed by atoms with E-state index in [9.17, 15) is 0 Å². The van der Waals surface area contributed by atoms with Gasteiger partial charge in [-0.2, -0.15) is 0 Å². The van der Waals surface area contributed by atoms with Crippen molar-refractivity contribution >= 4 is 0 Å². The van der Waals surface area contributed by atoms with Crippen LogP contribution < -0.4 is 10.5 Å². The predicted molar refractivity (Wildman–Crippen MR) is 88.8 cm³/mol. The maximum absolute atomic E-state index is 6.25. The minimum Gasteiger partial charge on any atom is -0.497 e. The number of nitrogens with two attached hydrogens (primary N) is 1. The molecule has 0 bridgehead atoms. The highest BCUT2D eigenvalue weighted by Gasteiger charge is 2.05. The second-order valence-electron chi connectivity index (χ2n) is 5.61. The second kappa shape index (κ2) is 7.84. The van der Waals surface area contributed by atoms with E-state index in [1.54, 1.807) is 7.11 Å². The standard InChI is InChI=1S/C19H25NO/c1-15-5-3-4-6-17(15)10-12-18(20)11-7-16-8-13-19(21-2)14-9-16/h3-6,8-9,13-14,18H,7,10-12,20H2,1-2H3. The normalized spacial score (nSPS) is 12.1. The van der Waals surface area contributed by atoms with Gasteiger partial charge in [-0.05, 0) is 61.4 Å². The minimum absolute atomic E-state index is 0.256. The van der Waals surface area contributed by atoms with Crippen LogP contribution in [0.25, 0.3) is 0 Å². The lowest BCUT2D eigenvalue weighted by molar-refractivity contribution is 0.414. The van der Waals surface area contributed by atoms with E-state index in [2.05, 4.69) is 43.3 Å². The molecule has 0 heterocycles. The lowest BCUT2D eigenvalue weighted by atomic mass is 9.98. The van der Waals surface area contributed by atoms with Crippen LogP contribution in [0.3, 0.4) is 0 Å². The largest absolute Gasteiger partial charge is 0.497 e. The van der Waals surface area contributed by atoms with Gasteiger partial charge in [0.05, 0.1) is 7.11 Å². The first-order valence-electron chi connectivity index (χ1n) is 7.62. The Balaban J connectivity index is 1.76. The Morgan fingerprint density at radius 1 is 0.952 bits per heavy atom. The zero-order valence-electron chi connectivity index (χ0n) is 13.0. The number of aryl methyl sites for hydroxylation is 3. The minimum atomic E-state index is 0.256. The van der Waals surface area contributed by atoms with Gasteiger partial charge in [0.1, 0.15) is 5.75 Å². The van der Waals surface area contributed by atoms with E-state index in [1.807, 2.05) is 12.1 Å². The number of hydrogen-bond acceptors (Lipinski definition) is 2. The van der Waals surface area contributed by atoms with Crippen LogP contribution in [0, 0.1) is 6.92 Å². The van der Waals surface area contributed by atoms with Gasteiger partial charge in [0.15, 0.2) is 0 Å². The van der Waals surface area contributed by atoms with Gasteiger partial charge >= 0.3 is 0 Å². The van der Waals surface area contributed by atoms with Crippen LogP contribution >= 0.6 is 0 Å². The SMILES string of the molecule is COc1ccc(CCC(N)CCc2ccccc2C)cc1. The summed E-state index contributed by atoms with van der Waals surface area (Å²) < 4.78 is 5.17. The molecule has 2 rings (SSSR count). The van der Waals surface area contributed by atoms with Crippen LogP contribution in [0.1, 0.15) is 29.5 Å². The van der Waals surface area contributed by atoms with Crippen LogP contribution in [0.15, 0.2) is 48.5 Å². The van der Waals surface area contributed by atoms with Gasteiger partial charge in [0, 0.05) is 6.04 Å². The summed E-state index contributed by atoms with van der Waals surface area (Å²) in [5, 5.41) is 0. The molecular weight excluding hydrogens is 258 g/mol. The molecule has 0 aliphatic rings. The molecule has 0 fully saturated rings. The Morgan fingerprint density at radius 3 is 2.29 bits per heavy atom. The first-order chi connectivity index (χ1) is 10.2. The third-order valence-electron chi connectivity index (χ3n) is 4.01. The molecule has 0 aromatic heterocycles. The van der Waals surface area contributed by atoms with Crippen LogP contribution in [0.4, 0.5) is 0 Å². The van der Waals surface area contributed by atoms with Crippen molar-refractivity contribution in [1.29, 1.82) is 0 Å². The number of ether oxygens (including phenoxy) is 1. The topological polar surface area (TPSA) is 35.2 Å². The summed E-state index contributed by atoms with van der Waals surface area (Å²) in [4.78, 5) is 0. The lowest BCUT2D eigenvalue weighted by Gasteiger charge is -2.13. The average Bonchev–Trinajstić information content (AvgIpc) is 2.52. The van der Waals surface area contributed by atoms with Crippen molar-refractivity contribution in [1.82, 2.24) is 0 Å². The van der Waals surface area contributed by atoms with Crippen molar-refractivity contribution in [3.8, 4) is 5.75 Å². The van der Waals surface area contributed by atoms with Gasteiger partial charge in [-0.1, -0.05) is 36.4 Å². The second-order valence-corrected chi connectivity index (χ2v) is 5.61.